The highest BCUT2D eigenvalue weighted by molar-refractivity contribution is 5.85. The van der Waals surface area contributed by atoms with Gasteiger partial charge in [0.2, 0.25) is 5.91 Å². The molecule has 0 heterocycles. The van der Waals surface area contributed by atoms with E-state index in [1.807, 2.05) is 39.0 Å². The Morgan fingerprint density at radius 1 is 1.42 bits per heavy atom. The lowest BCUT2D eigenvalue weighted by Gasteiger charge is -2.19. The zero-order valence-corrected chi connectivity index (χ0v) is 11.9. The molecule has 1 amide bonds. The highest BCUT2D eigenvalue weighted by Gasteiger charge is 2.16. The van der Waals surface area contributed by atoms with Gasteiger partial charge in [0.05, 0.1) is 11.3 Å². The second-order valence-electron chi connectivity index (χ2n) is 4.79. The van der Waals surface area contributed by atoms with Gasteiger partial charge in [-0.15, -0.1) is 0 Å². The largest absolute Gasteiger partial charge is 0.373 e. The van der Waals surface area contributed by atoms with Crippen LogP contribution in [0.3, 0.4) is 0 Å². The molecule has 2 N–H and O–H groups in total. The number of amides is 1. The molecule has 1 aromatic carbocycles. The second-order valence-corrected chi connectivity index (χ2v) is 4.79. The molecule has 0 radical (unpaired) electrons. The van der Waals surface area contributed by atoms with E-state index in [1.54, 1.807) is 6.92 Å². The first-order valence-corrected chi connectivity index (χ1v) is 6.56. The van der Waals surface area contributed by atoms with Gasteiger partial charge in [-0.1, -0.05) is 19.1 Å². The summed E-state index contributed by atoms with van der Waals surface area (Å²) in [5.41, 5.74) is 2.20. The Bertz CT molecular complexity index is 491. The van der Waals surface area contributed by atoms with Crippen LogP contribution in [-0.2, 0) is 4.79 Å². The van der Waals surface area contributed by atoms with Crippen molar-refractivity contribution in [1.29, 1.82) is 5.26 Å². The molecule has 2 unspecified atom stereocenters. The van der Waals surface area contributed by atoms with Gasteiger partial charge in [0.15, 0.2) is 0 Å². The Labute approximate surface area is 114 Å². The van der Waals surface area contributed by atoms with Crippen LogP contribution in [0, 0.1) is 18.3 Å². The topological polar surface area (TPSA) is 64.9 Å². The molecule has 4 heteroatoms. The number of nitrogens with zero attached hydrogens (tertiary/aromatic N) is 1. The Morgan fingerprint density at radius 2 is 2.11 bits per heavy atom. The van der Waals surface area contributed by atoms with Crippen molar-refractivity contribution in [3.63, 3.8) is 0 Å². The molecule has 19 heavy (non-hydrogen) atoms. The summed E-state index contributed by atoms with van der Waals surface area (Å²) >= 11 is 0. The number of nitrogens with one attached hydrogen (secondary N) is 2. The third kappa shape index (κ3) is 3.99. The SMILES string of the molecule is CCC(C)NC(=O)C(C)Nc1cccc(C)c1C#N. The van der Waals surface area contributed by atoms with Gasteiger partial charge in [-0.2, -0.15) is 5.26 Å². The highest BCUT2D eigenvalue weighted by atomic mass is 16.2. The van der Waals surface area contributed by atoms with Gasteiger partial charge in [0, 0.05) is 6.04 Å². The van der Waals surface area contributed by atoms with E-state index in [9.17, 15) is 4.79 Å². The third-order valence-electron chi connectivity index (χ3n) is 3.15. The van der Waals surface area contributed by atoms with E-state index < -0.39 is 0 Å². The molecule has 0 saturated carbocycles. The van der Waals surface area contributed by atoms with E-state index in [1.165, 1.54) is 0 Å². The molecule has 2 atom stereocenters. The number of hydrogen-bond acceptors (Lipinski definition) is 3. The predicted octanol–water partition coefficient (Wildman–Crippen LogP) is 2.58. The van der Waals surface area contributed by atoms with E-state index in [4.69, 9.17) is 5.26 Å². The van der Waals surface area contributed by atoms with Gasteiger partial charge in [-0.3, -0.25) is 4.79 Å². The molecule has 0 fully saturated rings. The molecular weight excluding hydrogens is 238 g/mol. The van der Waals surface area contributed by atoms with Crippen LogP contribution in [0.4, 0.5) is 5.69 Å². The average molecular weight is 259 g/mol. The third-order valence-corrected chi connectivity index (χ3v) is 3.15. The molecule has 102 valence electrons. The maximum absolute atomic E-state index is 11.9. The summed E-state index contributed by atoms with van der Waals surface area (Å²) in [6.45, 7) is 7.67. The standard InChI is InChI=1S/C15H21N3O/c1-5-11(3)17-15(19)12(4)18-14-8-6-7-10(2)13(14)9-16/h6-8,11-12,18H,5H2,1-4H3,(H,17,19). The Hall–Kier alpha value is -2.02. The van der Waals surface area contributed by atoms with Crippen LogP contribution in [0.1, 0.15) is 38.3 Å². The lowest BCUT2D eigenvalue weighted by Crippen LogP contribution is -2.42. The molecule has 0 aromatic heterocycles. The minimum Gasteiger partial charge on any atom is -0.373 e. The fraction of sp³-hybridized carbons (Fsp3) is 0.467. The molecule has 0 bridgehead atoms. The van der Waals surface area contributed by atoms with Crippen LogP contribution in [0.15, 0.2) is 18.2 Å². The van der Waals surface area contributed by atoms with E-state index in [0.717, 1.165) is 12.0 Å². The summed E-state index contributed by atoms with van der Waals surface area (Å²) in [5, 5.41) is 15.2. The minimum atomic E-state index is -0.372. The summed E-state index contributed by atoms with van der Waals surface area (Å²) in [6, 6.07) is 7.52. The lowest BCUT2D eigenvalue weighted by atomic mass is 10.1. The number of carbonyl (C=O) groups excluding carboxylic acids is 1. The average Bonchev–Trinajstić information content (AvgIpc) is 2.38. The van der Waals surface area contributed by atoms with Crippen LogP contribution in [0.2, 0.25) is 0 Å². The van der Waals surface area contributed by atoms with E-state index in [-0.39, 0.29) is 18.0 Å². The Morgan fingerprint density at radius 3 is 2.68 bits per heavy atom. The first-order chi connectivity index (χ1) is 8.99. The monoisotopic (exact) mass is 259 g/mol. The number of carbonyl (C=O) groups is 1. The lowest BCUT2D eigenvalue weighted by molar-refractivity contribution is -0.122. The van der Waals surface area contributed by atoms with Gasteiger partial charge in [-0.05, 0) is 38.8 Å². The van der Waals surface area contributed by atoms with Crippen molar-refractivity contribution < 1.29 is 4.79 Å². The molecule has 4 nitrogen and oxygen atoms in total. The maximum Gasteiger partial charge on any atom is 0.242 e. The number of hydrogen-bond donors (Lipinski definition) is 2. The molecule has 0 aliphatic heterocycles. The summed E-state index contributed by atoms with van der Waals surface area (Å²) in [4.78, 5) is 11.9. The summed E-state index contributed by atoms with van der Waals surface area (Å²) < 4.78 is 0. The zero-order chi connectivity index (χ0) is 14.4. The van der Waals surface area contributed by atoms with Gasteiger partial charge in [0.25, 0.3) is 0 Å². The molecule has 1 rings (SSSR count). The number of rotatable bonds is 5. The highest BCUT2D eigenvalue weighted by Crippen LogP contribution is 2.19. The van der Waals surface area contributed by atoms with Gasteiger partial charge < -0.3 is 10.6 Å². The van der Waals surface area contributed by atoms with Crippen LogP contribution in [0.25, 0.3) is 0 Å². The maximum atomic E-state index is 11.9. The number of benzene rings is 1. The Kier molecular flexibility index (Phi) is 5.37. The van der Waals surface area contributed by atoms with Crippen LogP contribution >= 0.6 is 0 Å². The van der Waals surface area contributed by atoms with Crippen LogP contribution in [0.5, 0.6) is 0 Å². The summed E-state index contributed by atoms with van der Waals surface area (Å²) in [5.74, 6) is -0.0558. The number of nitriles is 1. The van der Waals surface area contributed by atoms with Crippen LogP contribution < -0.4 is 10.6 Å². The van der Waals surface area contributed by atoms with Gasteiger partial charge >= 0.3 is 0 Å². The normalized spacial score (nSPS) is 13.2. The quantitative estimate of drug-likeness (QED) is 0.854. The molecule has 0 spiro atoms. The Balaban J connectivity index is 2.78. The molecule has 0 saturated heterocycles. The fourth-order valence-electron chi connectivity index (χ4n) is 1.71. The second kappa shape index (κ2) is 6.79. The van der Waals surface area contributed by atoms with Gasteiger partial charge in [0.1, 0.15) is 12.1 Å². The summed E-state index contributed by atoms with van der Waals surface area (Å²) in [7, 11) is 0. The number of anilines is 1. The molecular formula is C15H21N3O. The van der Waals surface area contributed by atoms with Crippen molar-refractivity contribution in [2.24, 2.45) is 0 Å². The van der Waals surface area contributed by atoms with E-state index in [0.29, 0.717) is 11.3 Å². The number of aryl methyl sites for hydroxylation is 1. The zero-order valence-electron chi connectivity index (χ0n) is 11.9. The van der Waals surface area contributed by atoms with Crippen molar-refractivity contribution >= 4 is 11.6 Å². The van der Waals surface area contributed by atoms with Gasteiger partial charge in [-0.25, -0.2) is 0 Å². The molecule has 1 aromatic rings. The van der Waals surface area contributed by atoms with Crippen molar-refractivity contribution in [1.82, 2.24) is 5.32 Å². The van der Waals surface area contributed by atoms with E-state index in [2.05, 4.69) is 16.7 Å². The fourth-order valence-corrected chi connectivity index (χ4v) is 1.71. The first kappa shape index (κ1) is 15.0. The van der Waals surface area contributed by atoms with Crippen LogP contribution in [-0.4, -0.2) is 18.0 Å². The smallest absolute Gasteiger partial charge is 0.242 e. The molecule has 0 aliphatic carbocycles. The molecule has 0 aliphatic rings. The van der Waals surface area contributed by atoms with Crippen molar-refractivity contribution in [3.8, 4) is 6.07 Å². The predicted molar refractivity (Wildman–Crippen MR) is 76.9 cm³/mol. The van der Waals surface area contributed by atoms with Crippen molar-refractivity contribution in [2.45, 2.75) is 46.2 Å². The minimum absolute atomic E-state index is 0.0558. The van der Waals surface area contributed by atoms with Crippen molar-refractivity contribution in [2.75, 3.05) is 5.32 Å². The van der Waals surface area contributed by atoms with E-state index >= 15 is 0 Å². The summed E-state index contributed by atoms with van der Waals surface area (Å²) in [6.07, 6.45) is 0.895. The van der Waals surface area contributed by atoms with Crippen molar-refractivity contribution in [3.05, 3.63) is 29.3 Å². The first-order valence-electron chi connectivity index (χ1n) is 6.56.